The maximum absolute atomic E-state index is 12.6. The Morgan fingerprint density at radius 2 is 0.955 bits per heavy atom. The third-order valence-corrected chi connectivity index (χ3v) is 9.01. The van der Waals surface area contributed by atoms with Crippen molar-refractivity contribution in [1.82, 2.24) is 15.5 Å². The highest BCUT2D eigenvalue weighted by atomic mass is 35.5. The lowest BCUT2D eigenvalue weighted by atomic mass is 10.1. The number of hydrogen-bond donors (Lipinski definition) is 2. The normalized spacial score (nSPS) is 13.2. The molecule has 0 aromatic rings. The van der Waals surface area contributed by atoms with Gasteiger partial charge >= 0.3 is 0 Å². The minimum Gasteiger partial charge on any atom is -1.00 e. The van der Waals surface area contributed by atoms with E-state index < -0.39 is 0 Å². The second-order valence-electron chi connectivity index (χ2n) is 13.6. The molecule has 0 aromatic carbocycles. The van der Waals surface area contributed by atoms with Crippen LogP contribution in [0.1, 0.15) is 181 Å². The Hall–Kier alpha value is -1.34. The van der Waals surface area contributed by atoms with Gasteiger partial charge in [-0.2, -0.15) is 0 Å². The van der Waals surface area contributed by atoms with E-state index in [1.807, 2.05) is 11.9 Å². The van der Waals surface area contributed by atoms with Gasteiger partial charge in [0.25, 0.3) is 0 Å². The molecular formula is C36H71ClN4O3. The van der Waals surface area contributed by atoms with Crippen LogP contribution in [0.4, 0.5) is 0 Å². The summed E-state index contributed by atoms with van der Waals surface area (Å²) in [6.45, 7) is 6.62. The summed E-state index contributed by atoms with van der Waals surface area (Å²) in [6, 6.07) is 0. The Morgan fingerprint density at radius 1 is 0.614 bits per heavy atom. The van der Waals surface area contributed by atoms with Crippen LogP contribution in [0.3, 0.4) is 0 Å². The highest BCUT2D eigenvalue weighted by molar-refractivity contribution is 5.78. The number of halogens is 1. The van der Waals surface area contributed by atoms with Crippen LogP contribution in [0.5, 0.6) is 0 Å². The third-order valence-electron chi connectivity index (χ3n) is 9.01. The van der Waals surface area contributed by atoms with Crippen LogP contribution in [0.2, 0.25) is 0 Å². The molecule has 2 N–H and O–H groups in total. The van der Waals surface area contributed by atoms with Crippen LogP contribution in [-0.4, -0.2) is 60.7 Å². The fourth-order valence-electron chi connectivity index (χ4n) is 6.06. The minimum atomic E-state index is 0. The zero-order valence-corrected chi connectivity index (χ0v) is 30.0. The molecular weight excluding hydrogens is 572 g/mol. The van der Waals surface area contributed by atoms with E-state index in [0.29, 0.717) is 43.8 Å². The van der Waals surface area contributed by atoms with E-state index in [4.69, 9.17) is 0 Å². The largest absolute Gasteiger partial charge is 1.00 e. The molecule has 0 atom stereocenters. The van der Waals surface area contributed by atoms with Crippen LogP contribution >= 0.6 is 0 Å². The van der Waals surface area contributed by atoms with E-state index >= 15 is 0 Å². The summed E-state index contributed by atoms with van der Waals surface area (Å²) in [7, 11) is 2.02. The standard InChI is InChI=1S/C36H70N4O3.ClH/c1-4-6-8-10-12-14-16-18-20-22-24-27-34(41)37-31-40(3,33-39-30-26-29-36(39)43)32-38-35(42)28-25-23-21-19-17-15-13-11-9-7-5-2;/h4-33H2,1-3H3,(H-,37,38,41,42);1H. The molecule has 1 fully saturated rings. The van der Waals surface area contributed by atoms with Gasteiger partial charge in [0.1, 0.15) is 0 Å². The SMILES string of the molecule is CCCCCCCCCCCCCC(=O)NC[N+](C)(CNC(=O)CCCCCCCCCCCCC)CN1CCCC1=O.[Cl-]. The summed E-state index contributed by atoms with van der Waals surface area (Å²) in [5.41, 5.74) is 0. The zero-order chi connectivity index (χ0) is 31.4. The molecule has 0 aliphatic carbocycles. The van der Waals surface area contributed by atoms with Crippen LogP contribution in [0, 0.1) is 0 Å². The monoisotopic (exact) mass is 643 g/mol. The molecule has 1 rings (SSSR count). The molecule has 7 nitrogen and oxygen atoms in total. The van der Waals surface area contributed by atoms with Crippen molar-refractivity contribution in [2.75, 3.05) is 33.6 Å². The summed E-state index contributed by atoms with van der Waals surface area (Å²) in [4.78, 5) is 39.5. The molecule has 1 saturated heterocycles. The molecule has 0 unspecified atom stereocenters. The van der Waals surface area contributed by atoms with Gasteiger partial charge in [0.05, 0.1) is 7.05 Å². The summed E-state index contributed by atoms with van der Waals surface area (Å²) < 4.78 is 0.403. The quantitative estimate of drug-likeness (QED) is 0.0611. The average molecular weight is 643 g/mol. The number of likely N-dealkylation sites (tertiary alicyclic amines) is 1. The van der Waals surface area contributed by atoms with Gasteiger partial charge in [-0.1, -0.05) is 142 Å². The number of nitrogens with zero attached hydrogens (tertiary/aromatic N) is 2. The lowest BCUT2D eigenvalue weighted by Crippen LogP contribution is -3.00. The second kappa shape index (κ2) is 29.1. The Bertz CT molecular complexity index is 679. The third kappa shape index (κ3) is 24.0. The van der Waals surface area contributed by atoms with Gasteiger partial charge in [-0.3, -0.25) is 23.8 Å². The number of rotatable bonds is 30. The lowest BCUT2D eigenvalue weighted by Gasteiger charge is -2.37. The van der Waals surface area contributed by atoms with Crippen molar-refractivity contribution >= 4 is 17.7 Å². The molecule has 260 valence electrons. The van der Waals surface area contributed by atoms with E-state index in [9.17, 15) is 14.4 Å². The Kier molecular flexibility index (Phi) is 28.2. The number of unbranched alkanes of at least 4 members (excludes halogenated alkanes) is 20. The summed E-state index contributed by atoms with van der Waals surface area (Å²) in [5, 5.41) is 6.21. The molecule has 3 amide bonds. The fraction of sp³-hybridized carbons (Fsp3) is 0.917. The Labute approximate surface area is 278 Å². The van der Waals surface area contributed by atoms with Gasteiger partial charge in [-0.25, -0.2) is 0 Å². The topological polar surface area (TPSA) is 78.5 Å². The molecule has 0 radical (unpaired) electrons. The van der Waals surface area contributed by atoms with E-state index in [-0.39, 0.29) is 30.1 Å². The molecule has 8 heteroatoms. The first kappa shape index (κ1) is 42.7. The first-order chi connectivity index (χ1) is 20.9. The van der Waals surface area contributed by atoms with Crippen LogP contribution in [0.15, 0.2) is 0 Å². The Balaban J connectivity index is 0.0000185. The van der Waals surface area contributed by atoms with Crippen molar-refractivity contribution in [3.05, 3.63) is 0 Å². The Morgan fingerprint density at radius 3 is 1.27 bits per heavy atom. The number of nitrogens with one attached hydrogen (secondary N) is 2. The summed E-state index contributed by atoms with van der Waals surface area (Å²) in [6.07, 6.45) is 30.5. The van der Waals surface area contributed by atoms with E-state index in [0.717, 1.165) is 38.6 Å². The highest BCUT2D eigenvalue weighted by Gasteiger charge is 2.31. The summed E-state index contributed by atoms with van der Waals surface area (Å²) >= 11 is 0. The van der Waals surface area contributed by atoms with Gasteiger partial charge < -0.3 is 23.0 Å². The summed E-state index contributed by atoms with van der Waals surface area (Å²) in [5.74, 6) is 0.310. The van der Waals surface area contributed by atoms with Crippen LogP contribution < -0.4 is 23.0 Å². The number of quaternary nitrogens is 1. The van der Waals surface area contributed by atoms with Crippen LogP contribution in [-0.2, 0) is 14.4 Å². The van der Waals surface area contributed by atoms with Crippen molar-refractivity contribution in [3.8, 4) is 0 Å². The molecule has 0 saturated carbocycles. The van der Waals surface area contributed by atoms with Crippen molar-refractivity contribution in [2.45, 2.75) is 181 Å². The van der Waals surface area contributed by atoms with Gasteiger partial charge in [-0.05, 0) is 19.3 Å². The van der Waals surface area contributed by atoms with Gasteiger partial charge in [0.15, 0.2) is 20.0 Å². The first-order valence-electron chi connectivity index (χ1n) is 18.5. The average Bonchev–Trinajstić information content (AvgIpc) is 3.40. The smallest absolute Gasteiger partial charge is 0.226 e. The fourth-order valence-corrected chi connectivity index (χ4v) is 6.06. The van der Waals surface area contributed by atoms with Crippen molar-refractivity contribution < 1.29 is 31.3 Å². The van der Waals surface area contributed by atoms with Gasteiger partial charge in [-0.15, -0.1) is 0 Å². The maximum atomic E-state index is 12.6. The second-order valence-corrected chi connectivity index (χ2v) is 13.6. The molecule has 1 heterocycles. The van der Waals surface area contributed by atoms with E-state index in [1.54, 1.807) is 0 Å². The number of amides is 3. The molecule has 1 aliphatic heterocycles. The van der Waals surface area contributed by atoms with Crippen molar-refractivity contribution in [2.24, 2.45) is 0 Å². The number of carbonyl (C=O) groups is 3. The first-order valence-corrected chi connectivity index (χ1v) is 18.5. The molecule has 0 spiro atoms. The van der Waals surface area contributed by atoms with Crippen LogP contribution in [0.25, 0.3) is 0 Å². The predicted molar refractivity (Wildman–Crippen MR) is 180 cm³/mol. The number of hydrogen-bond acceptors (Lipinski definition) is 3. The number of carbonyl (C=O) groups excluding carboxylic acids is 3. The molecule has 1 aliphatic rings. The van der Waals surface area contributed by atoms with E-state index in [2.05, 4.69) is 24.5 Å². The molecule has 0 aromatic heterocycles. The van der Waals surface area contributed by atoms with E-state index in [1.165, 1.54) is 116 Å². The lowest BCUT2D eigenvalue weighted by molar-refractivity contribution is -0.921. The minimum absolute atomic E-state index is 0. The van der Waals surface area contributed by atoms with Gasteiger partial charge in [0.2, 0.25) is 17.7 Å². The predicted octanol–water partition coefficient (Wildman–Crippen LogP) is 5.57. The molecule has 0 bridgehead atoms. The molecule has 44 heavy (non-hydrogen) atoms. The zero-order valence-electron chi connectivity index (χ0n) is 29.2. The van der Waals surface area contributed by atoms with Gasteiger partial charge in [0, 0.05) is 25.8 Å². The van der Waals surface area contributed by atoms with Crippen molar-refractivity contribution in [3.63, 3.8) is 0 Å². The maximum Gasteiger partial charge on any atom is 0.226 e. The van der Waals surface area contributed by atoms with Crippen molar-refractivity contribution in [1.29, 1.82) is 0 Å². The highest BCUT2D eigenvalue weighted by Crippen LogP contribution is 2.15.